The van der Waals surface area contributed by atoms with Gasteiger partial charge in [-0.2, -0.15) is 0 Å². The SMILES string of the molecule is COc1ccc(Cl)c(NS(=O)(=O)c2ccc(NN)cc2)c1. The van der Waals surface area contributed by atoms with Gasteiger partial charge in [0, 0.05) is 11.8 Å². The molecule has 0 fully saturated rings. The second kappa shape index (κ2) is 6.21. The first-order valence-electron chi connectivity index (χ1n) is 5.89. The molecule has 0 bridgehead atoms. The van der Waals surface area contributed by atoms with Gasteiger partial charge in [-0.05, 0) is 36.4 Å². The van der Waals surface area contributed by atoms with Crippen molar-refractivity contribution in [2.24, 2.45) is 5.84 Å². The molecule has 2 aromatic carbocycles. The number of nitrogens with one attached hydrogen (secondary N) is 2. The maximum Gasteiger partial charge on any atom is 0.261 e. The van der Waals surface area contributed by atoms with E-state index < -0.39 is 10.0 Å². The number of sulfonamides is 1. The van der Waals surface area contributed by atoms with Crippen molar-refractivity contribution in [1.29, 1.82) is 0 Å². The van der Waals surface area contributed by atoms with Crippen molar-refractivity contribution in [2.45, 2.75) is 4.90 Å². The van der Waals surface area contributed by atoms with Crippen molar-refractivity contribution in [2.75, 3.05) is 17.3 Å². The second-order valence-corrected chi connectivity index (χ2v) is 6.21. The van der Waals surface area contributed by atoms with Crippen LogP contribution >= 0.6 is 11.6 Å². The summed E-state index contributed by atoms with van der Waals surface area (Å²) >= 11 is 5.99. The Morgan fingerprint density at radius 1 is 1.14 bits per heavy atom. The highest BCUT2D eigenvalue weighted by Gasteiger charge is 2.16. The van der Waals surface area contributed by atoms with E-state index >= 15 is 0 Å². The second-order valence-electron chi connectivity index (χ2n) is 4.12. The summed E-state index contributed by atoms with van der Waals surface area (Å²) < 4.78 is 32.1. The van der Waals surface area contributed by atoms with Gasteiger partial charge in [0.25, 0.3) is 10.0 Å². The first-order chi connectivity index (χ1) is 9.96. The van der Waals surface area contributed by atoms with Gasteiger partial charge in [-0.1, -0.05) is 11.6 Å². The van der Waals surface area contributed by atoms with E-state index in [0.717, 1.165) is 0 Å². The third-order valence-corrected chi connectivity index (χ3v) is 4.46. The van der Waals surface area contributed by atoms with Crippen LogP contribution in [0.4, 0.5) is 11.4 Å². The Balaban J connectivity index is 2.32. The predicted octanol–water partition coefficient (Wildman–Crippen LogP) is 2.44. The molecule has 112 valence electrons. The van der Waals surface area contributed by atoms with Gasteiger partial charge in [0.1, 0.15) is 5.75 Å². The standard InChI is InChI=1S/C13H14ClN3O3S/c1-20-10-4-7-12(14)13(8-10)17-21(18,19)11-5-2-9(16-15)3-6-11/h2-8,16-17H,15H2,1H3. The third kappa shape index (κ3) is 3.57. The summed E-state index contributed by atoms with van der Waals surface area (Å²) in [7, 11) is -2.26. The fourth-order valence-electron chi connectivity index (χ4n) is 1.64. The summed E-state index contributed by atoms with van der Waals surface area (Å²) in [5.74, 6) is 5.74. The number of nitrogens with two attached hydrogens (primary N) is 1. The van der Waals surface area contributed by atoms with Gasteiger partial charge in [-0.3, -0.25) is 10.6 Å². The Labute approximate surface area is 127 Å². The highest BCUT2D eigenvalue weighted by Crippen LogP contribution is 2.28. The Hall–Kier alpha value is -1.96. The third-order valence-electron chi connectivity index (χ3n) is 2.75. The van der Waals surface area contributed by atoms with Crippen LogP contribution in [0.25, 0.3) is 0 Å². The number of hydrazine groups is 1. The predicted molar refractivity (Wildman–Crippen MR) is 83.1 cm³/mol. The number of ether oxygens (including phenoxy) is 1. The lowest BCUT2D eigenvalue weighted by molar-refractivity contribution is 0.415. The molecular weight excluding hydrogens is 314 g/mol. The molecule has 0 amide bonds. The van der Waals surface area contributed by atoms with Crippen molar-refractivity contribution < 1.29 is 13.2 Å². The molecule has 2 aromatic rings. The Morgan fingerprint density at radius 2 is 1.81 bits per heavy atom. The minimum Gasteiger partial charge on any atom is -0.497 e. The molecule has 0 aliphatic rings. The normalized spacial score (nSPS) is 11.0. The van der Waals surface area contributed by atoms with E-state index in [4.69, 9.17) is 22.2 Å². The largest absolute Gasteiger partial charge is 0.497 e. The molecule has 6 nitrogen and oxygen atoms in total. The van der Waals surface area contributed by atoms with Gasteiger partial charge >= 0.3 is 0 Å². The van der Waals surface area contributed by atoms with Crippen LogP contribution in [0.3, 0.4) is 0 Å². The average molecular weight is 328 g/mol. The highest BCUT2D eigenvalue weighted by atomic mass is 35.5. The molecular formula is C13H14ClN3O3S. The van der Waals surface area contributed by atoms with E-state index in [-0.39, 0.29) is 15.6 Å². The molecule has 0 spiro atoms. The van der Waals surface area contributed by atoms with Crippen molar-refractivity contribution in [3.8, 4) is 5.75 Å². The molecule has 4 N–H and O–H groups in total. The van der Waals surface area contributed by atoms with Gasteiger partial charge in [-0.25, -0.2) is 8.42 Å². The first kappa shape index (κ1) is 15.4. The van der Waals surface area contributed by atoms with Crippen molar-refractivity contribution in [1.82, 2.24) is 0 Å². The Kier molecular flexibility index (Phi) is 4.56. The fourth-order valence-corrected chi connectivity index (χ4v) is 2.94. The van der Waals surface area contributed by atoms with Crippen LogP contribution in [0, 0.1) is 0 Å². The van der Waals surface area contributed by atoms with Crippen LogP contribution in [0.5, 0.6) is 5.75 Å². The van der Waals surface area contributed by atoms with Crippen LogP contribution < -0.4 is 20.7 Å². The molecule has 0 unspecified atom stereocenters. The minimum absolute atomic E-state index is 0.0976. The molecule has 0 saturated heterocycles. The number of halogens is 1. The molecule has 2 rings (SSSR count). The topological polar surface area (TPSA) is 93.4 Å². The molecule has 8 heteroatoms. The zero-order valence-corrected chi connectivity index (χ0v) is 12.7. The van der Waals surface area contributed by atoms with Crippen LogP contribution in [0.15, 0.2) is 47.4 Å². The Bertz CT molecular complexity index is 733. The molecule has 0 atom stereocenters. The quantitative estimate of drug-likeness (QED) is 0.579. The molecule has 0 aromatic heterocycles. The summed E-state index contributed by atoms with van der Waals surface area (Å²) in [4.78, 5) is 0.0976. The number of nitrogen functional groups attached to an aromatic ring is 1. The molecule has 21 heavy (non-hydrogen) atoms. The van der Waals surface area contributed by atoms with E-state index in [2.05, 4.69) is 10.1 Å². The van der Waals surface area contributed by atoms with Gasteiger partial charge in [0.2, 0.25) is 0 Å². The number of hydrogen-bond donors (Lipinski definition) is 3. The van der Waals surface area contributed by atoms with Gasteiger partial charge < -0.3 is 10.2 Å². The summed E-state index contributed by atoms with van der Waals surface area (Å²) in [6.07, 6.45) is 0. The molecule has 0 saturated carbocycles. The fraction of sp³-hybridized carbons (Fsp3) is 0.0769. The van der Waals surface area contributed by atoms with Crippen molar-refractivity contribution in [3.63, 3.8) is 0 Å². The number of benzene rings is 2. The first-order valence-corrected chi connectivity index (χ1v) is 7.75. The van der Waals surface area contributed by atoms with E-state index in [0.29, 0.717) is 11.4 Å². The molecule has 0 aliphatic carbocycles. The van der Waals surface area contributed by atoms with Crippen LogP contribution in [-0.2, 0) is 10.0 Å². The molecule has 0 aliphatic heterocycles. The number of rotatable bonds is 5. The minimum atomic E-state index is -3.74. The van der Waals surface area contributed by atoms with Crippen LogP contribution in [0.2, 0.25) is 5.02 Å². The van der Waals surface area contributed by atoms with E-state index in [1.807, 2.05) is 0 Å². The number of hydrogen-bond acceptors (Lipinski definition) is 5. The summed E-state index contributed by atoms with van der Waals surface area (Å²) in [6.45, 7) is 0. The average Bonchev–Trinajstić information content (AvgIpc) is 2.49. The lowest BCUT2D eigenvalue weighted by Gasteiger charge is -2.11. The van der Waals surface area contributed by atoms with E-state index in [1.165, 1.54) is 25.3 Å². The summed E-state index contributed by atoms with van der Waals surface area (Å²) in [6, 6.07) is 10.7. The van der Waals surface area contributed by atoms with Gasteiger partial charge in [0.05, 0.1) is 22.7 Å². The smallest absolute Gasteiger partial charge is 0.261 e. The summed E-state index contributed by atoms with van der Waals surface area (Å²) in [5.41, 5.74) is 3.28. The lowest BCUT2D eigenvalue weighted by atomic mass is 10.3. The van der Waals surface area contributed by atoms with Crippen LogP contribution in [-0.4, -0.2) is 15.5 Å². The Morgan fingerprint density at radius 3 is 2.38 bits per heavy atom. The zero-order valence-electron chi connectivity index (χ0n) is 11.1. The maximum atomic E-state index is 12.3. The lowest BCUT2D eigenvalue weighted by Crippen LogP contribution is -2.14. The van der Waals surface area contributed by atoms with Crippen LogP contribution in [0.1, 0.15) is 0 Å². The number of anilines is 2. The van der Waals surface area contributed by atoms with Gasteiger partial charge in [-0.15, -0.1) is 0 Å². The van der Waals surface area contributed by atoms with Crippen molar-refractivity contribution in [3.05, 3.63) is 47.5 Å². The summed E-state index contributed by atoms with van der Waals surface area (Å²) in [5, 5.41) is 0.277. The van der Waals surface area contributed by atoms with E-state index in [1.54, 1.807) is 24.3 Å². The van der Waals surface area contributed by atoms with E-state index in [9.17, 15) is 8.42 Å². The van der Waals surface area contributed by atoms with Gasteiger partial charge in [0.15, 0.2) is 0 Å². The maximum absolute atomic E-state index is 12.3. The van der Waals surface area contributed by atoms with Crippen molar-refractivity contribution >= 4 is 33.0 Å². The zero-order chi connectivity index (χ0) is 15.5. The monoisotopic (exact) mass is 327 g/mol. The number of methoxy groups -OCH3 is 1. The highest BCUT2D eigenvalue weighted by molar-refractivity contribution is 7.92. The molecule has 0 heterocycles. The molecule has 0 radical (unpaired) electrons.